The summed E-state index contributed by atoms with van der Waals surface area (Å²) in [6.45, 7) is 12.3. The van der Waals surface area contributed by atoms with Gasteiger partial charge in [0.1, 0.15) is 6.10 Å². The molecule has 172 valence electrons. The first-order valence-electron chi connectivity index (χ1n) is 12.9. The topological polar surface area (TPSA) is 49.7 Å². The van der Waals surface area contributed by atoms with Gasteiger partial charge in [-0.15, -0.1) is 0 Å². The van der Waals surface area contributed by atoms with Crippen LogP contribution >= 0.6 is 0 Å². The van der Waals surface area contributed by atoms with Gasteiger partial charge in [-0.05, 0) is 91.3 Å². The Morgan fingerprint density at radius 2 is 1.87 bits per heavy atom. The van der Waals surface area contributed by atoms with Crippen molar-refractivity contribution in [2.45, 2.75) is 111 Å². The van der Waals surface area contributed by atoms with Gasteiger partial charge in [0.2, 0.25) is 0 Å². The zero-order valence-corrected chi connectivity index (χ0v) is 20.1. The van der Waals surface area contributed by atoms with Crippen molar-refractivity contribution in [3.8, 4) is 0 Å². The van der Waals surface area contributed by atoms with E-state index in [0.717, 1.165) is 36.0 Å². The first kappa shape index (κ1) is 22.8. The maximum atomic E-state index is 10.4. The minimum absolute atomic E-state index is 0.0812. The second-order valence-electron chi connectivity index (χ2n) is 12.4. The van der Waals surface area contributed by atoms with Gasteiger partial charge in [-0.2, -0.15) is 0 Å². The quantitative estimate of drug-likeness (QED) is 0.281. The number of hydrogen-bond acceptors (Lipinski definition) is 3. The molecule has 0 spiro atoms. The Labute approximate surface area is 184 Å². The van der Waals surface area contributed by atoms with E-state index < -0.39 is 12.2 Å². The monoisotopic (exact) mass is 418 g/mol. The molecule has 0 aromatic carbocycles. The molecular weight excluding hydrogens is 372 g/mol. The molecule has 0 radical (unpaired) electrons. The Morgan fingerprint density at radius 3 is 2.57 bits per heavy atom. The van der Waals surface area contributed by atoms with Crippen LogP contribution in [0.4, 0.5) is 0 Å². The summed E-state index contributed by atoms with van der Waals surface area (Å²) in [6.07, 6.45) is 13.7. The Morgan fingerprint density at radius 1 is 1.10 bits per heavy atom. The van der Waals surface area contributed by atoms with Gasteiger partial charge in [-0.25, -0.2) is 4.89 Å². The van der Waals surface area contributed by atoms with E-state index in [4.69, 9.17) is 4.89 Å². The molecule has 0 aromatic heterocycles. The number of allylic oxidation sites excluding steroid dienone is 1. The number of aliphatic hydroxyl groups is 1. The minimum Gasteiger partial charge on any atom is -0.390 e. The van der Waals surface area contributed by atoms with E-state index in [1.165, 1.54) is 56.9 Å². The molecule has 3 nitrogen and oxygen atoms in total. The lowest BCUT2D eigenvalue weighted by Crippen LogP contribution is -2.53. The minimum atomic E-state index is -0.567. The largest absolute Gasteiger partial charge is 0.390 e. The standard InChI is InChI=1S/C27H46O3/c1-17(2)7-6-8-18(3)21-11-12-22-20-10-9-19-15-24(28)25(30-29)16-27(19,5)23(20)13-14-26(21,22)4/h9,17-18,20-25,28-29H,6-8,10-16H2,1-5H3/t18-,20+,21-,22+,23+,24+,25?,26-,27+/m1/s1. The number of aliphatic hydroxyl groups excluding tert-OH is 1. The lowest BCUT2D eigenvalue weighted by molar-refractivity contribution is -0.308. The summed E-state index contributed by atoms with van der Waals surface area (Å²) in [4.78, 5) is 4.73. The second-order valence-corrected chi connectivity index (χ2v) is 12.4. The summed E-state index contributed by atoms with van der Waals surface area (Å²) in [7, 11) is 0. The highest BCUT2D eigenvalue weighted by Crippen LogP contribution is 2.67. The molecular formula is C27H46O3. The highest BCUT2D eigenvalue weighted by atomic mass is 17.1. The van der Waals surface area contributed by atoms with Crippen LogP contribution in [0.2, 0.25) is 0 Å². The van der Waals surface area contributed by atoms with Crippen molar-refractivity contribution in [1.29, 1.82) is 0 Å². The molecule has 4 aliphatic carbocycles. The van der Waals surface area contributed by atoms with Crippen LogP contribution in [0.15, 0.2) is 11.6 Å². The second kappa shape index (κ2) is 8.52. The average Bonchev–Trinajstić information content (AvgIpc) is 3.05. The predicted octanol–water partition coefficient (Wildman–Crippen LogP) is 6.86. The van der Waals surface area contributed by atoms with Gasteiger partial charge in [-0.1, -0.05) is 65.5 Å². The molecule has 2 N–H and O–H groups in total. The van der Waals surface area contributed by atoms with Gasteiger partial charge in [0.05, 0.1) is 6.10 Å². The Hall–Kier alpha value is -0.380. The zero-order valence-electron chi connectivity index (χ0n) is 20.1. The third-order valence-electron chi connectivity index (χ3n) is 10.4. The summed E-state index contributed by atoms with van der Waals surface area (Å²) in [5.41, 5.74) is 2.02. The summed E-state index contributed by atoms with van der Waals surface area (Å²) < 4.78 is 0. The number of rotatable bonds is 6. The maximum absolute atomic E-state index is 10.4. The number of fused-ring (bicyclic) bond motifs is 5. The SMILES string of the molecule is CC(C)CCC[C@@H](C)[C@H]1CC[C@H]2[C@@H]3CC=C4C[C@H](O)C(OO)C[C@]4(C)[C@H]3CC[C@]12C. The first-order chi connectivity index (χ1) is 14.2. The number of hydrogen-bond donors (Lipinski definition) is 2. The molecule has 3 fully saturated rings. The van der Waals surface area contributed by atoms with Crippen LogP contribution in [0.25, 0.3) is 0 Å². The van der Waals surface area contributed by atoms with Gasteiger partial charge < -0.3 is 5.11 Å². The van der Waals surface area contributed by atoms with Crippen LogP contribution in [-0.2, 0) is 4.89 Å². The highest BCUT2D eigenvalue weighted by molar-refractivity contribution is 5.26. The summed E-state index contributed by atoms with van der Waals surface area (Å²) in [5.74, 6) is 4.83. The van der Waals surface area contributed by atoms with Crippen molar-refractivity contribution >= 4 is 0 Å². The van der Waals surface area contributed by atoms with Crippen molar-refractivity contribution in [3.05, 3.63) is 11.6 Å². The molecule has 0 aromatic rings. The Kier molecular flexibility index (Phi) is 6.48. The lowest BCUT2D eigenvalue weighted by Gasteiger charge is -2.59. The molecule has 9 atom stereocenters. The molecule has 3 saturated carbocycles. The molecule has 0 bridgehead atoms. The normalized spacial score (nSPS) is 46.7. The van der Waals surface area contributed by atoms with Crippen LogP contribution in [0, 0.1) is 46.3 Å². The van der Waals surface area contributed by atoms with Gasteiger partial charge in [0.25, 0.3) is 0 Å². The fourth-order valence-corrected chi connectivity index (χ4v) is 8.80. The van der Waals surface area contributed by atoms with Crippen molar-refractivity contribution in [2.75, 3.05) is 0 Å². The van der Waals surface area contributed by atoms with Crippen molar-refractivity contribution in [2.24, 2.45) is 46.3 Å². The Balaban J connectivity index is 1.51. The van der Waals surface area contributed by atoms with Crippen LogP contribution in [0.3, 0.4) is 0 Å². The maximum Gasteiger partial charge on any atom is 0.120 e. The summed E-state index contributed by atoms with van der Waals surface area (Å²) in [5, 5.41) is 19.8. The molecule has 0 heterocycles. The fourth-order valence-electron chi connectivity index (χ4n) is 8.80. The van der Waals surface area contributed by atoms with Crippen LogP contribution in [-0.4, -0.2) is 22.6 Å². The van der Waals surface area contributed by atoms with E-state index in [-0.39, 0.29) is 5.41 Å². The molecule has 30 heavy (non-hydrogen) atoms. The van der Waals surface area contributed by atoms with Gasteiger partial charge in [0, 0.05) is 0 Å². The average molecular weight is 419 g/mol. The van der Waals surface area contributed by atoms with E-state index in [9.17, 15) is 10.4 Å². The van der Waals surface area contributed by atoms with Crippen molar-refractivity contribution in [1.82, 2.24) is 0 Å². The molecule has 3 heteroatoms. The van der Waals surface area contributed by atoms with E-state index in [2.05, 4.69) is 40.7 Å². The summed E-state index contributed by atoms with van der Waals surface area (Å²) in [6, 6.07) is 0. The van der Waals surface area contributed by atoms with E-state index >= 15 is 0 Å². The molecule has 0 aliphatic heterocycles. The molecule has 1 unspecified atom stereocenters. The molecule has 0 amide bonds. The smallest absolute Gasteiger partial charge is 0.120 e. The first-order valence-corrected chi connectivity index (χ1v) is 12.9. The van der Waals surface area contributed by atoms with Crippen LogP contribution in [0.1, 0.15) is 98.8 Å². The Bertz CT molecular complexity index is 642. The van der Waals surface area contributed by atoms with E-state index in [1.807, 2.05) is 0 Å². The van der Waals surface area contributed by atoms with E-state index in [1.54, 1.807) is 0 Å². The lowest BCUT2D eigenvalue weighted by atomic mass is 9.46. The highest BCUT2D eigenvalue weighted by Gasteiger charge is 2.60. The van der Waals surface area contributed by atoms with Gasteiger partial charge >= 0.3 is 0 Å². The van der Waals surface area contributed by atoms with Crippen LogP contribution < -0.4 is 0 Å². The third kappa shape index (κ3) is 3.71. The zero-order chi connectivity index (χ0) is 21.7. The molecule has 0 saturated heterocycles. The van der Waals surface area contributed by atoms with E-state index in [0.29, 0.717) is 17.8 Å². The van der Waals surface area contributed by atoms with Crippen molar-refractivity contribution in [3.63, 3.8) is 0 Å². The van der Waals surface area contributed by atoms with Gasteiger partial charge in [-0.3, -0.25) is 5.26 Å². The predicted molar refractivity (Wildman–Crippen MR) is 122 cm³/mol. The fraction of sp³-hybridized carbons (Fsp3) is 0.926. The summed E-state index contributed by atoms with van der Waals surface area (Å²) >= 11 is 0. The molecule has 4 rings (SSSR count). The van der Waals surface area contributed by atoms with Gasteiger partial charge in [0.15, 0.2) is 0 Å². The van der Waals surface area contributed by atoms with Crippen LogP contribution in [0.5, 0.6) is 0 Å². The molecule has 4 aliphatic rings. The third-order valence-corrected chi connectivity index (χ3v) is 10.4. The van der Waals surface area contributed by atoms with Crippen molar-refractivity contribution < 1.29 is 15.3 Å².